The third-order valence-electron chi connectivity index (χ3n) is 3.17. The minimum atomic E-state index is -0.199. The zero-order valence-corrected chi connectivity index (χ0v) is 13.9. The molecule has 1 amide bonds. The molecule has 0 aliphatic rings. The number of hydrogen-bond donors (Lipinski definition) is 1. The standard InChI is InChI=1S/C16H14ClN3O2S/c1-10-19-7-11(23-10)8-20-15(21)9-22-14-5-4-13(17)12-3-2-6-18-16(12)14/h2-7H,8-9H2,1H3,(H,20,21). The number of pyridine rings is 1. The Labute approximate surface area is 142 Å². The number of benzene rings is 1. The first-order chi connectivity index (χ1) is 11.1. The van der Waals surface area contributed by atoms with Gasteiger partial charge in [-0.2, -0.15) is 0 Å². The maximum Gasteiger partial charge on any atom is 0.258 e. The quantitative estimate of drug-likeness (QED) is 0.768. The van der Waals surface area contributed by atoms with Gasteiger partial charge in [-0.3, -0.25) is 9.78 Å². The van der Waals surface area contributed by atoms with Crippen molar-refractivity contribution in [3.8, 4) is 5.75 Å². The van der Waals surface area contributed by atoms with Crippen molar-refractivity contribution < 1.29 is 9.53 Å². The zero-order chi connectivity index (χ0) is 16.2. The molecule has 2 aromatic heterocycles. The number of fused-ring (bicyclic) bond motifs is 1. The summed E-state index contributed by atoms with van der Waals surface area (Å²) in [7, 11) is 0. The second-order valence-electron chi connectivity index (χ2n) is 4.86. The van der Waals surface area contributed by atoms with Crippen molar-refractivity contribution in [1.82, 2.24) is 15.3 Å². The highest BCUT2D eigenvalue weighted by atomic mass is 35.5. The van der Waals surface area contributed by atoms with Crippen LogP contribution in [0.2, 0.25) is 5.02 Å². The van der Waals surface area contributed by atoms with Gasteiger partial charge in [0.05, 0.1) is 16.6 Å². The summed E-state index contributed by atoms with van der Waals surface area (Å²) in [6.45, 7) is 2.30. The summed E-state index contributed by atoms with van der Waals surface area (Å²) in [5.41, 5.74) is 0.644. The number of nitrogens with one attached hydrogen (secondary N) is 1. The predicted octanol–water partition coefficient (Wildman–Crippen LogP) is 3.35. The Morgan fingerprint density at radius 2 is 2.22 bits per heavy atom. The molecule has 0 aliphatic carbocycles. The van der Waals surface area contributed by atoms with E-state index in [1.54, 1.807) is 35.9 Å². The molecule has 0 aliphatic heterocycles. The van der Waals surface area contributed by atoms with Crippen molar-refractivity contribution in [3.63, 3.8) is 0 Å². The van der Waals surface area contributed by atoms with Gasteiger partial charge in [0, 0.05) is 22.7 Å². The summed E-state index contributed by atoms with van der Waals surface area (Å²) in [4.78, 5) is 21.3. The van der Waals surface area contributed by atoms with Gasteiger partial charge in [-0.05, 0) is 31.2 Å². The fourth-order valence-corrected chi connectivity index (χ4v) is 3.05. The lowest BCUT2D eigenvalue weighted by atomic mass is 10.2. The summed E-state index contributed by atoms with van der Waals surface area (Å²) in [5, 5.41) is 5.18. The van der Waals surface area contributed by atoms with Gasteiger partial charge in [-0.15, -0.1) is 11.3 Å². The van der Waals surface area contributed by atoms with Gasteiger partial charge >= 0.3 is 0 Å². The molecule has 23 heavy (non-hydrogen) atoms. The van der Waals surface area contributed by atoms with Crippen LogP contribution in [0.1, 0.15) is 9.88 Å². The number of rotatable bonds is 5. The van der Waals surface area contributed by atoms with Crippen LogP contribution in [0.3, 0.4) is 0 Å². The van der Waals surface area contributed by atoms with Crippen molar-refractivity contribution in [2.75, 3.05) is 6.61 Å². The Hall–Kier alpha value is -2.18. The van der Waals surface area contributed by atoms with Gasteiger partial charge < -0.3 is 10.1 Å². The Kier molecular flexibility index (Phi) is 4.73. The molecular weight excluding hydrogens is 334 g/mol. The number of thiazole rings is 1. The summed E-state index contributed by atoms with van der Waals surface area (Å²) < 4.78 is 5.58. The van der Waals surface area contributed by atoms with E-state index in [0.717, 1.165) is 15.3 Å². The molecule has 7 heteroatoms. The Bertz CT molecular complexity index is 850. The van der Waals surface area contributed by atoms with E-state index in [-0.39, 0.29) is 12.5 Å². The van der Waals surface area contributed by atoms with E-state index < -0.39 is 0 Å². The van der Waals surface area contributed by atoms with Crippen LogP contribution < -0.4 is 10.1 Å². The zero-order valence-electron chi connectivity index (χ0n) is 12.4. The van der Waals surface area contributed by atoms with E-state index in [1.165, 1.54) is 0 Å². The number of hydrogen-bond acceptors (Lipinski definition) is 5. The van der Waals surface area contributed by atoms with Crippen LogP contribution in [0, 0.1) is 6.92 Å². The molecule has 118 valence electrons. The average molecular weight is 348 g/mol. The monoisotopic (exact) mass is 347 g/mol. The van der Waals surface area contributed by atoms with Gasteiger partial charge in [-0.25, -0.2) is 4.98 Å². The lowest BCUT2D eigenvalue weighted by Crippen LogP contribution is -2.28. The fourth-order valence-electron chi connectivity index (χ4n) is 2.10. The molecule has 0 atom stereocenters. The Morgan fingerprint density at radius 1 is 1.35 bits per heavy atom. The van der Waals surface area contributed by atoms with Crippen molar-refractivity contribution in [1.29, 1.82) is 0 Å². The largest absolute Gasteiger partial charge is 0.481 e. The van der Waals surface area contributed by atoms with Gasteiger partial charge in [0.1, 0.15) is 11.3 Å². The first-order valence-corrected chi connectivity index (χ1v) is 8.17. The molecule has 0 fully saturated rings. The maximum atomic E-state index is 11.9. The molecule has 2 heterocycles. The van der Waals surface area contributed by atoms with Crippen LogP contribution >= 0.6 is 22.9 Å². The molecule has 0 saturated carbocycles. The highest BCUT2D eigenvalue weighted by Gasteiger charge is 2.09. The third kappa shape index (κ3) is 3.78. The number of carbonyl (C=O) groups excluding carboxylic acids is 1. The van der Waals surface area contributed by atoms with Gasteiger partial charge in [-0.1, -0.05) is 11.6 Å². The molecule has 0 unspecified atom stereocenters. The van der Waals surface area contributed by atoms with Crippen LogP contribution in [0.5, 0.6) is 5.75 Å². The highest BCUT2D eigenvalue weighted by Crippen LogP contribution is 2.29. The van der Waals surface area contributed by atoms with Crippen molar-refractivity contribution in [2.24, 2.45) is 0 Å². The number of aryl methyl sites for hydroxylation is 1. The highest BCUT2D eigenvalue weighted by molar-refractivity contribution is 7.11. The fraction of sp³-hybridized carbons (Fsp3) is 0.188. The number of halogens is 1. The van der Waals surface area contributed by atoms with E-state index in [2.05, 4.69) is 15.3 Å². The summed E-state index contributed by atoms with van der Waals surface area (Å²) in [6.07, 6.45) is 3.43. The van der Waals surface area contributed by atoms with Crippen LogP contribution in [-0.2, 0) is 11.3 Å². The van der Waals surface area contributed by atoms with E-state index in [0.29, 0.717) is 22.8 Å². The van der Waals surface area contributed by atoms with Gasteiger partial charge in [0.2, 0.25) is 0 Å². The first-order valence-electron chi connectivity index (χ1n) is 6.97. The SMILES string of the molecule is Cc1ncc(CNC(=O)COc2ccc(Cl)c3cccnc23)s1. The molecule has 1 aromatic carbocycles. The normalized spacial score (nSPS) is 10.7. The molecule has 0 radical (unpaired) electrons. The second-order valence-corrected chi connectivity index (χ2v) is 6.58. The maximum absolute atomic E-state index is 11.9. The molecule has 5 nitrogen and oxygen atoms in total. The van der Waals surface area contributed by atoms with E-state index in [9.17, 15) is 4.79 Å². The Morgan fingerprint density at radius 3 is 3.00 bits per heavy atom. The van der Waals surface area contributed by atoms with E-state index >= 15 is 0 Å². The molecule has 3 rings (SSSR count). The summed E-state index contributed by atoms with van der Waals surface area (Å²) >= 11 is 7.69. The van der Waals surface area contributed by atoms with E-state index in [1.807, 2.05) is 19.1 Å². The number of amides is 1. The molecule has 0 saturated heterocycles. The second kappa shape index (κ2) is 6.93. The van der Waals surface area contributed by atoms with Crippen molar-refractivity contribution >= 4 is 39.7 Å². The Balaban J connectivity index is 1.62. The average Bonchev–Trinajstić information content (AvgIpc) is 2.98. The van der Waals surface area contributed by atoms with Crippen LogP contribution in [0.15, 0.2) is 36.7 Å². The number of ether oxygens (including phenoxy) is 1. The first kappa shape index (κ1) is 15.7. The summed E-state index contributed by atoms with van der Waals surface area (Å²) in [5.74, 6) is 0.337. The molecule has 0 spiro atoms. The van der Waals surface area contributed by atoms with Gasteiger partial charge in [0.25, 0.3) is 5.91 Å². The smallest absolute Gasteiger partial charge is 0.258 e. The van der Waals surface area contributed by atoms with E-state index in [4.69, 9.17) is 16.3 Å². The lowest BCUT2D eigenvalue weighted by Gasteiger charge is -2.09. The molecule has 0 bridgehead atoms. The van der Waals surface area contributed by atoms with Gasteiger partial charge in [0.15, 0.2) is 6.61 Å². The minimum Gasteiger partial charge on any atom is -0.481 e. The number of carbonyl (C=O) groups is 1. The molecular formula is C16H14ClN3O2S. The van der Waals surface area contributed by atoms with Crippen molar-refractivity contribution in [2.45, 2.75) is 13.5 Å². The van der Waals surface area contributed by atoms with Crippen LogP contribution in [0.4, 0.5) is 0 Å². The van der Waals surface area contributed by atoms with Crippen molar-refractivity contribution in [3.05, 3.63) is 51.6 Å². The lowest BCUT2D eigenvalue weighted by molar-refractivity contribution is -0.123. The minimum absolute atomic E-state index is 0.0783. The van der Waals surface area contributed by atoms with Crippen LogP contribution in [-0.4, -0.2) is 22.5 Å². The number of nitrogens with zero attached hydrogens (tertiary/aromatic N) is 2. The topological polar surface area (TPSA) is 64.1 Å². The predicted molar refractivity (Wildman–Crippen MR) is 90.9 cm³/mol. The number of aromatic nitrogens is 2. The third-order valence-corrected chi connectivity index (χ3v) is 4.41. The molecule has 1 N–H and O–H groups in total. The van der Waals surface area contributed by atoms with Crippen LogP contribution in [0.25, 0.3) is 10.9 Å². The summed E-state index contributed by atoms with van der Waals surface area (Å²) in [6, 6.07) is 7.13. The molecule has 3 aromatic rings.